The summed E-state index contributed by atoms with van der Waals surface area (Å²) in [5.74, 6) is 0.463. The van der Waals surface area contributed by atoms with E-state index in [9.17, 15) is 4.79 Å². The molecule has 1 amide bonds. The molecule has 0 aromatic rings. The smallest absolute Gasteiger partial charge is 0.407 e. The van der Waals surface area contributed by atoms with E-state index in [0.29, 0.717) is 12.5 Å². The minimum atomic E-state index is -0.432. The molecule has 1 unspecified atom stereocenters. The van der Waals surface area contributed by atoms with Crippen LogP contribution in [0.3, 0.4) is 0 Å². The van der Waals surface area contributed by atoms with E-state index in [2.05, 4.69) is 18.8 Å². The Bertz CT molecular complexity index is 253. The first-order chi connectivity index (χ1) is 7.74. The molecule has 0 radical (unpaired) electrons. The Morgan fingerprint density at radius 1 is 1.41 bits per heavy atom. The van der Waals surface area contributed by atoms with E-state index in [4.69, 9.17) is 4.74 Å². The third kappa shape index (κ3) is 9.91. The minimum Gasteiger partial charge on any atom is -0.444 e. The molecule has 1 N–H and O–H groups in total. The van der Waals surface area contributed by atoms with Gasteiger partial charge >= 0.3 is 6.09 Å². The van der Waals surface area contributed by atoms with Crippen molar-refractivity contribution in [1.82, 2.24) is 5.32 Å². The van der Waals surface area contributed by atoms with Gasteiger partial charge in [0.2, 0.25) is 0 Å². The van der Waals surface area contributed by atoms with Crippen molar-refractivity contribution in [2.24, 2.45) is 5.92 Å². The zero-order chi connectivity index (χ0) is 13.5. The van der Waals surface area contributed by atoms with E-state index in [1.54, 1.807) is 0 Å². The van der Waals surface area contributed by atoms with Crippen molar-refractivity contribution in [1.29, 1.82) is 0 Å². The lowest BCUT2D eigenvalue weighted by molar-refractivity contribution is 0.0518. The van der Waals surface area contributed by atoms with Gasteiger partial charge < -0.3 is 10.1 Å². The maximum absolute atomic E-state index is 11.5. The van der Waals surface area contributed by atoms with Crippen LogP contribution >= 0.6 is 0 Å². The lowest BCUT2D eigenvalue weighted by Crippen LogP contribution is -2.35. The molecular formula is C14H27NO2. The number of nitrogens with one attached hydrogen (secondary N) is 1. The quantitative estimate of drug-likeness (QED) is 0.716. The molecule has 3 nitrogen and oxygen atoms in total. The van der Waals surface area contributed by atoms with Crippen LogP contribution in [0.4, 0.5) is 4.79 Å². The second kappa shape index (κ2) is 7.36. The first kappa shape index (κ1) is 16.0. The molecule has 3 heteroatoms. The summed E-state index contributed by atoms with van der Waals surface area (Å²) in [6.07, 6.45) is 2.85. The number of carbonyl (C=O) groups is 1. The number of hydrogen-bond donors (Lipinski definition) is 1. The molecule has 0 aliphatic heterocycles. The van der Waals surface area contributed by atoms with E-state index in [-0.39, 0.29) is 6.09 Å². The second-order valence-corrected chi connectivity index (χ2v) is 5.70. The van der Waals surface area contributed by atoms with Crippen LogP contribution in [0.2, 0.25) is 0 Å². The van der Waals surface area contributed by atoms with Gasteiger partial charge in [-0.1, -0.05) is 18.9 Å². The van der Waals surface area contributed by atoms with Crippen LogP contribution in [-0.2, 0) is 4.74 Å². The average Bonchev–Trinajstić information content (AvgIpc) is 2.11. The zero-order valence-corrected chi connectivity index (χ0v) is 11.9. The van der Waals surface area contributed by atoms with Crippen molar-refractivity contribution < 1.29 is 9.53 Å². The van der Waals surface area contributed by atoms with Gasteiger partial charge in [0.1, 0.15) is 5.60 Å². The molecule has 0 heterocycles. The van der Waals surface area contributed by atoms with Crippen LogP contribution in [0.5, 0.6) is 0 Å². The number of alkyl carbamates (subject to hydrolysis) is 1. The lowest BCUT2D eigenvalue weighted by Gasteiger charge is -2.22. The van der Waals surface area contributed by atoms with Crippen LogP contribution in [0, 0.1) is 5.92 Å². The minimum absolute atomic E-state index is 0.333. The molecule has 0 saturated carbocycles. The van der Waals surface area contributed by atoms with Crippen molar-refractivity contribution in [2.75, 3.05) is 6.54 Å². The van der Waals surface area contributed by atoms with Crippen molar-refractivity contribution in [2.45, 2.75) is 59.5 Å². The molecule has 0 saturated heterocycles. The summed E-state index contributed by atoms with van der Waals surface area (Å²) in [7, 11) is 0. The largest absolute Gasteiger partial charge is 0.444 e. The van der Waals surface area contributed by atoms with Crippen molar-refractivity contribution in [3.05, 3.63) is 12.2 Å². The lowest BCUT2D eigenvalue weighted by atomic mass is 9.96. The van der Waals surface area contributed by atoms with Gasteiger partial charge in [-0.3, -0.25) is 0 Å². The first-order valence-corrected chi connectivity index (χ1v) is 6.35. The Balaban J connectivity index is 4.03. The molecule has 0 aromatic heterocycles. The SMILES string of the molecule is C=C(C)CC(CCC)CNC(=O)OC(C)(C)C. The highest BCUT2D eigenvalue weighted by Crippen LogP contribution is 2.15. The van der Waals surface area contributed by atoms with E-state index in [0.717, 1.165) is 24.8 Å². The predicted molar refractivity (Wildman–Crippen MR) is 72.1 cm³/mol. The molecule has 100 valence electrons. The molecule has 0 aliphatic rings. The maximum atomic E-state index is 11.5. The van der Waals surface area contributed by atoms with Crippen LogP contribution in [-0.4, -0.2) is 18.2 Å². The Labute approximate surface area is 106 Å². The van der Waals surface area contributed by atoms with Gasteiger partial charge in [0.25, 0.3) is 0 Å². The molecule has 0 aliphatic carbocycles. The fraction of sp³-hybridized carbons (Fsp3) is 0.786. The zero-order valence-electron chi connectivity index (χ0n) is 11.9. The highest BCUT2D eigenvalue weighted by atomic mass is 16.6. The monoisotopic (exact) mass is 241 g/mol. The van der Waals surface area contributed by atoms with E-state index in [1.165, 1.54) is 0 Å². The normalized spacial score (nSPS) is 13.0. The molecular weight excluding hydrogens is 214 g/mol. The highest BCUT2D eigenvalue weighted by molar-refractivity contribution is 5.67. The fourth-order valence-electron chi connectivity index (χ4n) is 1.72. The summed E-state index contributed by atoms with van der Waals surface area (Å²) in [4.78, 5) is 11.5. The first-order valence-electron chi connectivity index (χ1n) is 6.35. The van der Waals surface area contributed by atoms with Gasteiger partial charge in [-0.25, -0.2) is 4.79 Å². The summed E-state index contributed by atoms with van der Waals surface area (Å²) in [6, 6.07) is 0. The molecule has 0 spiro atoms. The van der Waals surface area contributed by atoms with Gasteiger partial charge in [0.05, 0.1) is 0 Å². The molecule has 0 aromatic carbocycles. The van der Waals surface area contributed by atoms with Gasteiger partial charge in [0, 0.05) is 6.54 Å². The fourth-order valence-corrected chi connectivity index (χ4v) is 1.72. The van der Waals surface area contributed by atoms with Crippen molar-refractivity contribution in [3.63, 3.8) is 0 Å². The third-order valence-corrected chi connectivity index (χ3v) is 2.27. The summed E-state index contributed by atoms with van der Waals surface area (Å²) in [6.45, 7) is 14.4. The summed E-state index contributed by atoms with van der Waals surface area (Å²) >= 11 is 0. The second-order valence-electron chi connectivity index (χ2n) is 5.70. The Hall–Kier alpha value is -0.990. The number of carbonyl (C=O) groups excluding carboxylic acids is 1. The number of hydrogen-bond acceptors (Lipinski definition) is 2. The van der Waals surface area contributed by atoms with E-state index in [1.807, 2.05) is 27.7 Å². The predicted octanol–water partition coefficient (Wildman–Crippen LogP) is 3.89. The van der Waals surface area contributed by atoms with Crippen LogP contribution in [0.25, 0.3) is 0 Å². The van der Waals surface area contributed by atoms with E-state index >= 15 is 0 Å². The summed E-state index contributed by atoms with van der Waals surface area (Å²) in [5, 5.41) is 2.83. The molecule has 0 rings (SSSR count). The standard InChI is InChI=1S/C14H27NO2/c1-7-8-12(9-11(2)3)10-15-13(16)17-14(4,5)6/h12H,2,7-10H2,1,3-6H3,(H,15,16). The van der Waals surface area contributed by atoms with Gasteiger partial charge in [0.15, 0.2) is 0 Å². The number of amides is 1. The topological polar surface area (TPSA) is 38.3 Å². The average molecular weight is 241 g/mol. The third-order valence-electron chi connectivity index (χ3n) is 2.27. The van der Waals surface area contributed by atoms with Gasteiger partial charge in [-0.2, -0.15) is 0 Å². The Morgan fingerprint density at radius 2 is 2.00 bits per heavy atom. The Kier molecular flexibility index (Phi) is 6.93. The Morgan fingerprint density at radius 3 is 2.41 bits per heavy atom. The molecule has 0 fully saturated rings. The number of ether oxygens (including phenoxy) is 1. The van der Waals surface area contributed by atoms with Crippen molar-refractivity contribution in [3.8, 4) is 0 Å². The van der Waals surface area contributed by atoms with Gasteiger partial charge in [-0.05, 0) is 46.5 Å². The van der Waals surface area contributed by atoms with Crippen LogP contribution in [0.15, 0.2) is 12.2 Å². The number of allylic oxidation sites excluding steroid dienone is 1. The highest BCUT2D eigenvalue weighted by Gasteiger charge is 2.17. The maximum Gasteiger partial charge on any atom is 0.407 e. The van der Waals surface area contributed by atoms with Crippen LogP contribution < -0.4 is 5.32 Å². The van der Waals surface area contributed by atoms with Gasteiger partial charge in [-0.15, -0.1) is 6.58 Å². The summed E-state index contributed by atoms with van der Waals surface area (Å²) in [5.41, 5.74) is 0.730. The van der Waals surface area contributed by atoms with Crippen LogP contribution in [0.1, 0.15) is 53.9 Å². The molecule has 17 heavy (non-hydrogen) atoms. The van der Waals surface area contributed by atoms with E-state index < -0.39 is 5.60 Å². The number of rotatable bonds is 6. The molecule has 1 atom stereocenters. The molecule has 0 bridgehead atoms. The summed E-state index contributed by atoms with van der Waals surface area (Å²) < 4.78 is 5.20. The van der Waals surface area contributed by atoms with Crippen molar-refractivity contribution >= 4 is 6.09 Å².